The Morgan fingerprint density at radius 3 is 2.17 bits per heavy atom. The summed E-state index contributed by atoms with van der Waals surface area (Å²) in [6, 6.07) is 15.9. The lowest BCUT2D eigenvalue weighted by Crippen LogP contribution is -2.50. The number of likely N-dealkylation sites (N-methyl/N-ethyl adjacent to an activating group) is 1. The molecule has 7 nitrogen and oxygen atoms in total. The standard InChI is InChI=1S/C28H29Cl2F2N3O4S/c1-33-28(37)26(16-19-8-4-3-5-9-19)34(18-21-22(29)10-6-11-23(21)30)27(36)12-7-15-35(40(2,38)39)20-13-14-24(31)25(32)17-20/h3-6,8-11,13-14,17,26H,7,12,15-16,18H2,1-2H3,(H,33,37)/t26-/m1/s1. The number of hydrogen-bond acceptors (Lipinski definition) is 4. The van der Waals surface area contributed by atoms with Gasteiger partial charge in [0.05, 0.1) is 11.9 Å². The summed E-state index contributed by atoms with van der Waals surface area (Å²) in [4.78, 5) is 28.1. The van der Waals surface area contributed by atoms with Crippen LogP contribution in [-0.2, 0) is 32.6 Å². The topological polar surface area (TPSA) is 86.8 Å². The van der Waals surface area contributed by atoms with Crippen molar-refractivity contribution >= 4 is 50.7 Å². The SMILES string of the molecule is CNC(=O)[C@@H](Cc1ccccc1)N(Cc1c(Cl)cccc1Cl)C(=O)CCCN(c1ccc(F)c(F)c1)S(C)(=O)=O. The first kappa shape index (κ1) is 31.3. The normalized spacial score (nSPS) is 12.1. The molecule has 0 saturated heterocycles. The van der Waals surface area contributed by atoms with Crippen LogP contribution in [0.2, 0.25) is 10.0 Å². The highest BCUT2D eigenvalue weighted by atomic mass is 35.5. The zero-order chi connectivity index (χ0) is 29.4. The molecule has 3 rings (SSSR count). The molecule has 0 aliphatic carbocycles. The Kier molecular flexibility index (Phi) is 10.9. The van der Waals surface area contributed by atoms with Gasteiger partial charge in [0, 0.05) is 54.7 Å². The average molecular weight is 613 g/mol. The third kappa shape index (κ3) is 8.16. The Labute approximate surface area is 242 Å². The lowest BCUT2D eigenvalue weighted by Gasteiger charge is -2.32. The third-order valence-electron chi connectivity index (χ3n) is 6.25. The minimum atomic E-state index is -3.88. The van der Waals surface area contributed by atoms with E-state index in [1.807, 2.05) is 30.3 Å². The van der Waals surface area contributed by atoms with Crippen molar-refractivity contribution in [2.75, 3.05) is 24.2 Å². The van der Waals surface area contributed by atoms with E-state index >= 15 is 0 Å². The molecule has 0 radical (unpaired) electrons. The van der Waals surface area contributed by atoms with Crippen molar-refractivity contribution in [3.05, 3.63) is 99.5 Å². The lowest BCUT2D eigenvalue weighted by molar-refractivity contribution is -0.141. The van der Waals surface area contributed by atoms with E-state index in [0.29, 0.717) is 15.6 Å². The molecule has 40 heavy (non-hydrogen) atoms. The molecule has 0 spiro atoms. The number of rotatable bonds is 12. The van der Waals surface area contributed by atoms with Crippen LogP contribution in [0.25, 0.3) is 0 Å². The van der Waals surface area contributed by atoms with Gasteiger partial charge in [-0.15, -0.1) is 0 Å². The number of nitrogens with one attached hydrogen (secondary N) is 1. The van der Waals surface area contributed by atoms with E-state index in [-0.39, 0.29) is 38.0 Å². The van der Waals surface area contributed by atoms with Gasteiger partial charge in [0.15, 0.2) is 11.6 Å². The van der Waals surface area contributed by atoms with Crippen LogP contribution >= 0.6 is 23.2 Å². The number of halogens is 4. The van der Waals surface area contributed by atoms with Crippen molar-refractivity contribution < 1.29 is 26.8 Å². The van der Waals surface area contributed by atoms with Gasteiger partial charge in [-0.2, -0.15) is 0 Å². The van der Waals surface area contributed by atoms with E-state index in [2.05, 4.69) is 5.32 Å². The molecule has 0 bridgehead atoms. The van der Waals surface area contributed by atoms with E-state index in [9.17, 15) is 26.8 Å². The van der Waals surface area contributed by atoms with Crippen LogP contribution in [0.3, 0.4) is 0 Å². The lowest BCUT2D eigenvalue weighted by atomic mass is 10.0. The zero-order valence-electron chi connectivity index (χ0n) is 21.9. The maximum atomic E-state index is 13.8. The molecule has 2 amide bonds. The quantitative estimate of drug-likeness (QED) is 0.305. The first-order valence-corrected chi connectivity index (χ1v) is 14.9. The summed E-state index contributed by atoms with van der Waals surface area (Å²) in [7, 11) is -2.41. The molecule has 0 aliphatic heterocycles. The molecule has 1 atom stereocenters. The Hall–Kier alpha value is -3.21. The van der Waals surface area contributed by atoms with Gasteiger partial charge in [-0.25, -0.2) is 17.2 Å². The van der Waals surface area contributed by atoms with Gasteiger partial charge in [0.2, 0.25) is 21.8 Å². The van der Waals surface area contributed by atoms with Gasteiger partial charge in [-0.05, 0) is 36.2 Å². The van der Waals surface area contributed by atoms with E-state index in [1.54, 1.807) is 18.2 Å². The van der Waals surface area contributed by atoms with Crippen LogP contribution < -0.4 is 9.62 Å². The predicted octanol–water partition coefficient (Wildman–Crippen LogP) is 5.20. The van der Waals surface area contributed by atoms with Crippen molar-refractivity contribution in [2.24, 2.45) is 0 Å². The highest BCUT2D eigenvalue weighted by molar-refractivity contribution is 7.92. The molecule has 214 valence electrons. The van der Waals surface area contributed by atoms with Crippen molar-refractivity contribution in [3.63, 3.8) is 0 Å². The van der Waals surface area contributed by atoms with Crippen LogP contribution in [0, 0.1) is 11.6 Å². The van der Waals surface area contributed by atoms with E-state index < -0.39 is 39.5 Å². The highest BCUT2D eigenvalue weighted by Gasteiger charge is 2.31. The van der Waals surface area contributed by atoms with Crippen molar-refractivity contribution in [1.29, 1.82) is 0 Å². The van der Waals surface area contributed by atoms with Crippen molar-refractivity contribution in [2.45, 2.75) is 31.8 Å². The number of nitrogens with zero attached hydrogens (tertiary/aromatic N) is 2. The van der Waals surface area contributed by atoms with Gasteiger partial charge in [0.25, 0.3) is 0 Å². The summed E-state index contributed by atoms with van der Waals surface area (Å²) in [5, 5.41) is 3.25. The fourth-order valence-corrected chi connectivity index (χ4v) is 5.69. The zero-order valence-corrected chi connectivity index (χ0v) is 24.2. The molecule has 12 heteroatoms. The number of benzene rings is 3. The Balaban J connectivity index is 1.89. The molecule has 3 aromatic carbocycles. The van der Waals surface area contributed by atoms with Gasteiger partial charge < -0.3 is 10.2 Å². The third-order valence-corrected chi connectivity index (χ3v) is 8.15. The Morgan fingerprint density at radius 1 is 0.950 bits per heavy atom. The second kappa shape index (κ2) is 13.9. The van der Waals surface area contributed by atoms with Crippen molar-refractivity contribution in [3.8, 4) is 0 Å². The number of anilines is 1. The Bertz CT molecular complexity index is 1440. The van der Waals surface area contributed by atoms with Gasteiger partial charge in [-0.3, -0.25) is 13.9 Å². The van der Waals surface area contributed by atoms with E-state index in [0.717, 1.165) is 34.3 Å². The largest absolute Gasteiger partial charge is 0.357 e. The maximum Gasteiger partial charge on any atom is 0.242 e. The Morgan fingerprint density at radius 2 is 1.60 bits per heavy atom. The molecule has 0 fully saturated rings. The van der Waals surface area contributed by atoms with Gasteiger partial charge >= 0.3 is 0 Å². The molecule has 1 N–H and O–H groups in total. The fourth-order valence-electron chi connectivity index (χ4n) is 4.22. The summed E-state index contributed by atoms with van der Waals surface area (Å²) in [6.07, 6.45) is 1.02. The van der Waals surface area contributed by atoms with Crippen LogP contribution in [0.15, 0.2) is 66.7 Å². The van der Waals surface area contributed by atoms with Crippen LogP contribution in [-0.4, -0.2) is 51.0 Å². The minimum absolute atomic E-state index is 0.0312. The predicted molar refractivity (Wildman–Crippen MR) is 153 cm³/mol. The van der Waals surface area contributed by atoms with E-state index in [1.165, 1.54) is 11.9 Å². The first-order valence-electron chi connectivity index (χ1n) is 12.3. The second-order valence-corrected chi connectivity index (χ2v) is 11.8. The second-order valence-electron chi connectivity index (χ2n) is 9.08. The maximum absolute atomic E-state index is 13.8. The van der Waals surface area contributed by atoms with Gasteiger partial charge in [0.1, 0.15) is 6.04 Å². The van der Waals surface area contributed by atoms with Crippen LogP contribution in [0.5, 0.6) is 0 Å². The highest BCUT2D eigenvalue weighted by Crippen LogP contribution is 2.28. The van der Waals surface area contributed by atoms with Crippen LogP contribution in [0.1, 0.15) is 24.0 Å². The summed E-state index contributed by atoms with van der Waals surface area (Å²) >= 11 is 12.8. The molecule has 0 unspecified atom stereocenters. The molecular weight excluding hydrogens is 583 g/mol. The summed E-state index contributed by atoms with van der Waals surface area (Å²) in [5.74, 6) is -3.15. The average Bonchev–Trinajstić information content (AvgIpc) is 2.91. The fraction of sp³-hybridized carbons (Fsp3) is 0.286. The molecule has 0 aliphatic rings. The molecule has 3 aromatic rings. The first-order chi connectivity index (χ1) is 18.9. The number of carbonyl (C=O) groups excluding carboxylic acids is 2. The monoisotopic (exact) mass is 611 g/mol. The number of hydrogen-bond donors (Lipinski definition) is 1. The number of amides is 2. The summed E-state index contributed by atoms with van der Waals surface area (Å²) in [6.45, 7) is -0.249. The minimum Gasteiger partial charge on any atom is -0.357 e. The molecule has 0 heterocycles. The number of carbonyl (C=O) groups is 2. The van der Waals surface area contributed by atoms with Gasteiger partial charge in [-0.1, -0.05) is 59.6 Å². The summed E-state index contributed by atoms with van der Waals surface area (Å²) in [5.41, 5.74) is 1.21. The van der Waals surface area contributed by atoms with Crippen LogP contribution in [0.4, 0.5) is 14.5 Å². The summed E-state index contributed by atoms with van der Waals surface area (Å²) < 4.78 is 53.0. The molecule has 0 aromatic heterocycles. The smallest absolute Gasteiger partial charge is 0.242 e. The molecular formula is C28H29Cl2F2N3O4S. The van der Waals surface area contributed by atoms with E-state index in [4.69, 9.17) is 23.2 Å². The molecule has 0 saturated carbocycles. The number of sulfonamides is 1. The van der Waals surface area contributed by atoms with Crippen molar-refractivity contribution in [1.82, 2.24) is 10.2 Å².